The molecule has 1 unspecified atom stereocenters. The fourth-order valence-corrected chi connectivity index (χ4v) is 1.32. The van der Waals surface area contributed by atoms with E-state index in [-0.39, 0.29) is 9.45 Å². The topological polar surface area (TPSA) is 38.4 Å². The van der Waals surface area contributed by atoms with Gasteiger partial charge in [0.2, 0.25) is 0 Å². The van der Waals surface area contributed by atoms with Gasteiger partial charge in [-0.2, -0.15) is 0 Å². The molecule has 0 aromatic rings. The summed E-state index contributed by atoms with van der Waals surface area (Å²) in [4.78, 5) is 3.94. The van der Waals surface area contributed by atoms with E-state index in [2.05, 4.69) is 4.99 Å². The second kappa shape index (κ2) is 1.95. The first-order chi connectivity index (χ1) is 3.72. The van der Waals surface area contributed by atoms with Gasteiger partial charge in [-0.1, -0.05) is 0 Å². The standard InChI is InChI=1S/C4H6N2S2/c1-3-6-2-4(5)8(3)7/h2H,5H2,1H3. The molecule has 8 heavy (non-hydrogen) atoms. The first-order valence-electron chi connectivity index (χ1n) is 2.13. The lowest BCUT2D eigenvalue weighted by Gasteiger charge is -1.91. The van der Waals surface area contributed by atoms with E-state index in [1.807, 2.05) is 6.92 Å². The molecule has 2 nitrogen and oxygen atoms in total. The molecule has 0 saturated carbocycles. The maximum Gasteiger partial charge on any atom is 0.0943 e. The van der Waals surface area contributed by atoms with Gasteiger partial charge in [0, 0.05) is 0 Å². The van der Waals surface area contributed by atoms with Crippen LogP contribution in [0.5, 0.6) is 0 Å². The fraction of sp³-hybridized carbons (Fsp3) is 0.250. The lowest BCUT2D eigenvalue weighted by molar-refractivity contribution is 1.47. The van der Waals surface area contributed by atoms with E-state index < -0.39 is 0 Å². The lowest BCUT2D eigenvalue weighted by Crippen LogP contribution is -2.05. The Bertz CT molecular complexity index is 172. The maximum atomic E-state index is 5.42. The molecule has 0 aromatic carbocycles. The molecular weight excluding hydrogens is 140 g/mol. The van der Waals surface area contributed by atoms with Gasteiger partial charge in [0.15, 0.2) is 0 Å². The second-order valence-corrected chi connectivity index (χ2v) is 4.05. The molecule has 1 aliphatic rings. The predicted octanol–water partition coefficient (Wildman–Crippen LogP) is 0.256. The molecule has 1 atom stereocenters. The minimum absolute atomic E-state index is 0.290. The zero-order chi connectivity index (χ0) is 6.15. The molecule has 1 rings (SSSR count). The fourth-order valence-electron chi connectivity index (χ4n) is 0.421. The van der Waals surface area contributed by atoms with Crippen molar-refractivity contribution in [3.8, 4) is 0 Å². The van der Waals surface area contributed by atoms with Crippen LogP contribution < -0.4 is 5.73 Å². The van der Waals surface area contributed by atoms with Crippen LogP contribution in [0.15, 0.2) is 16.2 Å². The van der Waals surface area contributed by atoms with Crippen molar-refractivity contribution < 1.29 is 0 Å². The Labute approximate surface area is 55.1 Å². The van der Waals surface area contributed by atoms with Crippen molar-refractivity contribution in [3.05, 3.63) is 11.2 Å². The first-order valence-corrected chi connectivity index (χ1v) is 4.28. The van der Waals surface area contributed by atoms with Crippen molar-refractivity contribution >= 4 is 25.7 Å². The molecule has 44 valence electrons. The van der Waals surface area contributed by atoms with Crippen molar-refractivity contribution in [3.63, 3.8) is 0 Å². The van der Waals surface area contributed by atoms with Gasteiger partial charge >= 0.3 is 0 Å². The third-order valence-electron chi connectivity index (χ3n) is 0.856. The summed E-state index contributed by atoms with van der Waals surface area (Å²) < 4.78 is 0. The number of nitrogens with two attached hydrogens (primary N) is 1. The zero-order valence-electron chi connectivity index (χ0n) is 4.42. The molecule has 0 fully saturated rings. The lowest BCUT2D eigenvalue weighted by atomic mass is 10.8. The van der Waals surface area contributed by atoms with Crippen LogP contribution in [0.4, 0.5) is 0 Å². The molecular formula is C4H6N2S2. The number of hydrogen-bond donors (Lipinski definition) is 1. The molecule has 1 heterocycles. The SMILES string of the molecule is CC1=NC=C(N)S1=S. The summed E-state index contributed by atoms with van der Waals surface area (Å²) >= 11 is 4.95. The second-order valence-electron chi connectivity index (χ2n) is 1.45. The molecule has 2 N–H and O–H groups in total. The van der Waals surface area contributed by atoms with Crippen LogP contribution in [0.1, 0.15) is 6.92 Å². The predicted molar refractivity (Wildman–Crippen MR) is 40.1 cm³/mol. The van der Waals surface area contributed by atoms with Crippen LogP contribution in [0, 0.1) is 0 Å². The van der Waals surface area contributed by atoms with Crippen LogP contribution in [0.25, 0.3) is 0 Å². The number of aliphatic imine (C=N–C) groups is 1. The summed E-state index contributed by atoms with van der Waals surface area (Å²) in [6.45, 7) is 1.90. The molecule has 0 saturated heterocycles. The van der Waals surface area contributed by atoms with Gasteiger partial charge in [0.05, 0.1) is 16.3 Å². The Morgan fingerprint density at radius 3 is 2.62 bits per heavy atom. The largest absolute Gasteiger partial charge is 0.392 e. The molecule has 1 aliphatic heterocycles. The summed E-state index contributed by atoms with van der Waals surface area (Å²) in [5.41, 5.74) is 5.42. The van der Waals surface area contributed by atoms with Gasteiger partial charge in [-0.05, 0) is 27.6 Å². The Kier molecular flexibility index (Phi) is 1.44. The molecule has 0 spiro atoms. The van der Waals surface area contributed by atoms with E-state index >= 15 is 0 Å². The number of nitrogens with zero attached hydrogens (tertiary/aromatic N) is 1. The van der Waals surface area contributed by atoms with Crippen molar-refractivity contribution in [1.29, 1.82) is 0 Å². The number of hydrogen-bond acceptors (Lipinski definition) is 3. The van der Waals surface area contributed by atoms with Crippen LogP contribution in [0.2, 0.25) is 0 Å². The van der Waals surface area contributed by atoms with Crippen molar-refractivity contribution in [2.75, 3.05) is 0 Å². The van der Waals surface area contributed by atoms with Crippen molar-refractivity contribution in [2.24, 2.45) is 10.7 Å². The minimum atomic E-state index is -0.290. The first kappa shape index (κ1) is 5.91. The Hall–Kier alpha value is -0.220. The van der Waals surface area contributed by atoms with Gasteiger partial charge in [-0.25, -0.2) is 0 Å². The maximum absolute atomic E-state index is 5.42. The third-order valence-corrected chi connectivity index (χ3v) is 3.33. The Balaban J connectivity index is 2.92. The third kappa shape index (κ3) is 0.809. The van der Waals surface area contributed by atoms with Crippen LogP contribution in [0.3, 0.4) is 0 Å². The highest BCUT2D eigenvalue weighted by Gasteiger charge is 2.06. The molecule has 0 bridgehead atoms. The highest BCUT2D eigenvalue weighted by Crippen LogP contribution is 2.05. The average Bonchev–Trinajstić information content (AvgIpc) is 1.98. The normalized spacial score (nSPS) is 27.4. The minimum Gasteiger partial charge on any atom is -0.392 e. The van der Waals surface area contributed by atoms with Gasteiger partial charge in [-0.15, -0.1) is 0 Å². The Morgan fingerprint density at radius 2 is 2.50 bits per heavy atom. The van der Waals surface area contributed by atoms with E-state index in [9.17, 15) is 0 Å². The van der Waals surface area contributed by atoms with E-state index in [1.54, 1.807) is 6.20 Å². The molecule has 0 radical (unpaired) electrons. The van der Waals surface area contributed by atoms with Crippen molar-refractivity contribution in [2.45, 2.75) is 6.92 Å². The van der Waals surface area contributed by atoms with E-state index in [0.717, 1.165) is 10.1 Å². The summed E-state index contributed by atoms with van der Waals surface area (Å²) in [6.07, 6.45) is 1.63. The van der Waals surface area contributed by atoms with Crippen LogP contribution in [-0.2, 0) is 20.6 Å². The summed E-state index contributed by atoms with van der Waals surface area (Å²) in [5.74, 6) is 0. The quantitative estimate of drug-likeness (QED) is 0.532. The molecule has 0 amide bonds. The van der Waals surface area contributed by atoms with Crippen LogP contribution >= 0.6 is 0 Å². The number of rotatable bonds is 0. The summed E-state index contributed by atoms with van der Waals surface area (Å²) in [7, 11) is -0.290. The van der Waals surface area contributed by atoms with Crippen LogP contribution in [-0.4, -0.2) is 5.04 Å². The molecule has 0 aromatic heterocycles. The highest BCUT2D eigenvalue weighted by atomic mass is 32.8. The van der Waals surface area contributed by atoms with Crippen molar-refractivity contribution in [1.82, 2.24) is 0 Å². The summed E-state index contributed by atoms with van der Waals surface area (Å²) in [6, 6.07) is 0. The smallest absolute Gasteiger partial charge is 0.0943 e. The van der Waals surface area contributed by atoms with E-state index in [4.69, 9.17) is 16.9 Å². The van der Waals surface area contributed by atoms with Gasteiger partial charge in [0.25, 0.3) is 0 Å². The zero-order valence-corrected chi connectivity index (χ0v) is 6.05. The van der Waals surface area contributed by atoms with Gasteiger partial charge in [0.1, 0.15) is 0 Å². The highest BCUT2D eigenvalue weighted by molar-refractivity contribution is 8.39. The average molecular weight is 146 g/mol. The van der Waals surface area contributed by atoms with Gasteiger partial charge in [-0.3, -0.25) is 4.99 Å². The van der Waals surface area contributed by atoms with E-state index in [1.165, 1.54) is 0 Å². The monoisotopic (exact) mass is 146 g/mol. The Morgan fingerprint density at radius 1 is 1.88 bits per heavy atom. The summed E-state index contributed by atoms with van der Waals surface area (Å²) in [5, 5.41) is 1.68. The molecule has 4 heteroatoms. The van der Waals surface area contributed by atoms with E-state index in [0.29, 0.717) is 0 Å². The van der Waals surface area contributed by atoms with Gasteiger partial charge < -0.3 is 5.73 Å². The molecule has 0 aliphatic carbocycles.